The van der Waals surface area contributed by atoms with Crippen LogP contribution in [0, 0.1) is 0 Å². The fourth-order valence-corrected chi connectivity index (χ4v) is 1.94. The summed E-state index contributed by atoms with van der Waals surface area (Å²) in [7, 11) is 0. The molecule has 1 unspecified atom stereocenters. The van der Waals surface area contributed by atoms with E-state index in [0.29, 0.717) is 5.92 Å². The molecule has 3 nitrogen and oxygen atoms in total. The molecule has 15 heavy (non-hydrogen) atoms. The number of nitrogens with zero attached hydrogens (tertiary/aromatic N) is 2. The minimum atomic E-state index is 0.546. The molecule has 0 saturated heterocycles. The van der Waals surface area contributed by atoms with Gasteiger partial charge in [0.25, 0.3) is 0 Å². The topological polar surface area (TPSA) is 41.6 Å². The average Bonchev–Trinajstić information content (AvgIpc) is 2.69. The minimum absolute atomic E-state index is 0.546. The van der Waals surface area contributed by atoms with Crippen LogP contribution in [0.2, 0.25) is 0 Å². The van der Waals surface area contributed by atoms with Gasteiger partial charge in [0, 0.05) is 12.1 Å². The van der Waals surface area contributed by atoms with E-state index in [2.05, 4.69) is 28.8 Å². The van der Waals surface area contributed by atoms with Gasteiger partial charge in [0.15, 0.2) is 5.65 Å². The highest BCUT2D eigenvalue weighted by Crippen LogP contribution is 2.23. The molecule has 80 valence electrons. The van der Waals surface area contributed by atoms with Crippen molar-refractivity contribution in [3.63, 3.8) is 0 Å². The van der Waals surface area contributed by atoms with Crippen molar-refractivity contribution < 1.29 is 0 Å². The highest BCUT2D eigenvalue weighted by atomic mass is 15.0. The number of hydrogen-bond acceptors (Lipinski definition) is 2. The van der Waals surface area contributed by atoms with E-state index in [1.165, 1.54) is 12.8 Å². The molecule has 3 heteroatoms. The second-order valence-corrected chi connectivity index (χ2v) is 3.89. The van der Waals surface area contributed by atoms with Gasteiger partial charge in [-0.3, -0.25) is 0 Å². The van der Waals surface area contributed by atoms with Gasteiger partial charge in [-0.05, 0) is 25.0 Å². The number of pyridine rings is 1. The molecule has 0 aliphatic carbocycles. The summed E-state index contributed by atoms with van der Waals surface area (Å²) in [4.78, 5) is 12.1. The summed E-state index contributed by atoms with van der Waals surface area (Å²) in [5.41, 5.74) is 1.88. The average molecular weight is 203 g/mol. The van der Waals surface area contributed by atoms with E-state index < -0.39 is 0 Å². The Hall–Kier alpha value is -1.38. The molecule has 2 aromatic rings. The largest absolute Gasteiger partial charge is 0.340 e. The highest BCUT2D eigenvalue weighted by Gasteiger charge is 2.12. The first-order chi connectivity index (χ1) is 7.35. The highest BCUT2D eigenvalue weighted by molar-refractivity contribution is 5.69. The number of hydrogen-bond donors (Lipinski definition) is 1. The monoisotopic (exact) mass is 203 g/mol. The SMILES string of the molecule is CCCC(CC)c1nc2ncccc2[nH]1. The van der Waals surface area contributed by atoms with Crippen molar-refractivity contribution in [3.05, 3.63) is 24.2 Å². The van der Waals surface area contributed by atoms with Crippen molar-refractivity contribution in [2.75, 3.05) is 0 Å². The van der Waals surface area contributed by atoms with Gasteiger partial charge in [0.2, 0.25) is 0 Å². The number of H-pyrrole nitrogens is 1. The summed E-state index contributed by atoms with van der Waals surface area (Å²) in [6.07, 6.45) is 5.31. The minimum Gasteiger partial charge on any atom is -0.340 e. The Bertz CT molecular complexity index is 400. The Morgan fingerprint density at radius 2 is 2.27 bits per heavy atom. The van der Waals surface area contributed by atoms with Crippen LogP contribution < -0.4 is 0 Å². The predicted molar refractivity (Wildman–Crippen MR) is 61.8 cm³/mol. The molecule has 2 aromatic heterocycles. The lowest BCUT2D eigenvalue weighted by Gasteiger charge is -2.09. The molecule has 0 fully saturated rings. The van der Waals surface area contributed by atoms with Crippen LogP contribution in [-0.2, 0) is 0 Å². The van der Waals surface area contributed by atoms with E-state index in [-0.39, 0.29) is 0 Å². The number of rotatable bonds is 4. The van der Waals surface area contributed by atoms with Crippen LogP contribution >= 0.6 is 0 Å². The summed E-state index contributed by atoms with van der Waals surface area (Å²) in [5, 5.41) is 0. The molecule has 1 N–H and O–H groups in total. The fraction of sp³-hybridized carbons (Fsp3) is 0.500. The van der Waals surface area contributed by atoms with Gasteiger partial charge in [0.05, 0.1) is 5.52 Å². The maximum atomic E-state index is 4.54. The summed E-state index contributed by atoms with van der Waals surface area (Å²) in [5.74, 6) is 1.64. The van der Waals surface area contributed by atoms with Crippen LogP contribution in [0.5, 0.6) is 0 Å². The van der Waals surface area contributed by atoms with E-state index in [0.717, 1.165) is 23.4 Å². The molecule has 0 aliphatic heterocycles. The third-order valence-electron chi connectivity index (χ3n) is 2.79. The van der Waals surface area contributed by atoms with E-state index in [1.54, 1.807) is 6.20 Å². The predicted octanol–water partition coefficient (Wildman–Crippen LogP) is 3.25. The number of fused-ring (bicyclic) bond motifs is 1. The third-order valence-corrected chi connectivity index (χ3v) is 2.79. The Morgan fingerprint density at radius 3 is 2.93 bits per heavy atom. The Morgan fingerprint density at radius 1 is 1.40 bits per heavy atom. The fourth-order valence-electron chi connectivity index (χ4n) is 1.94. The number of aromatic amines is 1. The second kappa shape index (κ2) is 4.43. The Kier molecular flexibility index (Phi) is 2.99. The molecule has 0 aromatic carbocycles. The van der Waals surface area contributed by atoms with E-state index >= 15 is 0 Å². The molecule has 0 bridgehead atoms. The first-order valence-electron chi connectivity index (χ1n) is 5.65. The van der Waals surface area contributed by atoms with E-state index in [1.807, 2.05) is 12.1 Å². The molecule has 0 spiro atoms. The molecular weight excluding hydrogens is 186 g/mol. The lowest BCUT2D eigenvalue weighted by atomic mass is 10.0. The first-order valence-corrected chi connectivity index (χ1v) is 5.65. The van der Waals surface area contributed by atoms with E-state index in [4.69, 9.17) is 0 Å². The third kappa shape index (κ3) is 2.01. The number of aromatic nitrogens is 3. The maximum absolute atomic E-state index is 4.54. The Balaban J connectivity index is 2.34. The standard InChI is InChI=1S/C12H17N3/c1-3-6-9(4-2)11-14-10-7-5-8-13-12(10)15-11/h5,7-9H,3-4,6H2,1-2H3,(H,13,14,15). The van der Waals surface area contributed by atoms with Gasteiger partial charge in [-0.1, -0.05) is 20.3 Å². The number of nitrogens with one attached hydrogen (secondary N) is 1. The van der Waals surface area contributed by atoms with Crippen LogP contribution in [0.25, 0.3) is 11.2 Å². The zero-order valence-electron chi connectivity index (χ0n) is 9.33. The van der Waals surface area contributed by atoms with Crippen LogP contribution in [0.3, 0.4) is 0 Å². The molecule has 0 saturated carbocycles. The van der Waals surface area contributed by atoms with Crippen LogP contribution in [0.15, 0.2) is 18.3 Å². The zero-order chi connectivity index (χ0) is 10.7. The van der Waals surface area contributed by atoms with Crippen molar-refractivity contribution in [2.45, 2.75) is 39.0 Å². The van der Waals surface area contributed by atoms with Gasteiger partial charge in [-0.25, -0.2) is 9.97 Å². The Labute approximate surface area is 90.0 Å². The van der Waals surface area contributed by atoms with Crippen molar-refractivity contribution in [3.8, 4) is 0 Å². The summed E-state index contributed by atoms with van der Waals surface area (Å²) >= 11 is 0. The molecule has 2 heterocycles. The summed E-state index contributed by atoms with van der Waals surface area (Å²) in [6.45, 7) is 4.42. The quantitative estimate of drug-likeness (QED) is 0.828. The van der Waals surface area contributed by atoms with Gasteiger partial charge in [0.1, 0.15) is 5.82 Å². The van der Waals surface area contributed by atoms with Crippen LogP contribution in [0.1, 0.15) is 44.9 Å². The maximum Gasteiger partial charge on any atom is 0.177 e. The zero-order valence-corrected chi connectivity index (χ0v) is 9.33. The lowest BCUT2D eigenvalue weighted by Crippen LogP contribution is -1.98. The van der Waals surface area contributed by atoms with Crippen molar-refractivity contribution in [1.29, 1.82) is 0 Å². The van der Waals surface area contributed by atoms with Crippen LogP contribution in [0.4, 0.5) is 0 Å². The molecule has 0 aliphatic rings. The van der Waals surface area contributed by atoms with Gasteiger partial charge in [-0.15, -0.1) is 0 Å². The summed E-state index contributed by atoms with van der Waals surface area (Å²) < 4.78 is 0. The van der Waals surface area contributed by atoms with Crippen LogP contribution in [-0.4, -0.2) is 15.0 Å². The van der Waals surface area contributed by atoms with Crippen molar-refractivity contribution in [1.82, 2.24) is 15.0 Å². The molecule has 0 amide bonds. The molecule has 1 atom stereocenters. The second-order valence-electron chi connectivity index (χ2n) is 3.89. The van der Waals surface area contributed by atoms with Gasteiger partial charge >= 0.3 is 0 Å². The van der Waals surface area contributed by atoms with Crippen molar-refractivity contribution >= 4 is 11.2 Å². The van der Waals surface area contributed by atoms with Gasteiger partial charge < -0.3 is 4.98 Å². The normalized spacial score (nSPS) is 13.2. The molecular formula is C12H17N3. The van der Waals surface area contributed by atoms with Gasteiger partial charge in [-0.2, -0.15) is 0 Å². The molecule has 0 radical (unpaired) electrons. The lowest BCUT2D eigenvalue weighted by molar-refractivity contribution is 0.571. The summed E-state index contributed by atoms with van der Waals surface area (Å²) in [6, 6.07) is 3.96. The first kappa shape index (κ1) is 10.1. The van der Waals surface area contributed by atoms with Crippen molar-refractivity contribution in [2.24, 2.45) is 0 Å². The van der Waals surface area contributed by atoms with E-state index in [9.17, 15) is 0 Å². The molecule has 2 rings (SSSR count). The smallest absolute Gasteiger partial charge is 0.177 e. The number of imidazole rings is 1.